The third-order valence-corrected chi connectivity index (χ3v) is 5.48. The predicted octanol–water partition coefficient (Wildman–Crippen LogP) is 3.70. The van der Waals surface area contributed by atoms with Gasteiger partial charge < -0.3 is 14.6 Å². The van der Waals surface area contributed by atoms with Crippen LogP contribution in [0.25, 0.3) is 0 Å². The summed E-state index contributed by atoms with van der Waals surface area (Å²) in [5.41, 5.74) is 1.60. The molecule has 8 heteroatoms. The largest absolute Gasteiger partial charge is 0.497 e. The number of carboxylic acids is 1. The zero-order valence-corrected chi connectivity index (χ0v) is 16.6. The average Bonchev–Trinajstić information content (AvgIpc) is 3.36. The van der Waals surface area contributed by atoms with Crippen LogP contribution in [-0.4, -0.2) is 41.9 Å². The Kier molecular flexibility index (Phi) is 6.30. The van der Waals surface area contributed by atoms with Gasteiger partial charge in [-0.05, 0) is 30.0 Å². The van der Waals surface area contributed by atoms with Gasteiger partial charge in [0.2, 0.25) is 5.91 Å². The molecular formula is C20H22N2O5S. The van der Waals surface area contributed by atoms with E-state index in [1.54, 1.807) is 31.6 Å². The van der Waals surface area contributed by atoms with Gasteiger partial charge in [0.1, 0.15) is 11.5 Å². The van der Waals surface area contributed by atoms with Gasteiger partial charge in [0.25, 0.3) is 0 Å². The first kappa shape index (κ1) is 19.9. The smallest absolute Gasteiger partial charge is 0.303 e. The zero-order valence-electron chi connectivity index (χ0n) is 15.8. The Balaban J connectivity index is 1.88. The van der Waals surface area contributed by atoms with Gasteiger partial charge in [-0.15, -0.1) is 11.3 Å². The fourth-order valence-electron chi connectivity index (χ4n) is 3.10. The van der Waals surface area contributed by atoms with Crippen molar-refractivity contribution in [1.29, 1.82) is 0 Å². The number of amides is 1. The molecule has 0 bridgehead atoms. The van der Waals surface area contributed by atoms with Crippen LogP contribution >= 0.6 is 11.3 Å². The molecule has 1 N–H and O–H groups in total. The van der Waals surface area contributed by atoms with Gasteiger partial charge in [-0.3, -0.25) is 9.59 Å². The van der Waals surface area contributed by atoms with Crippen molar-refractivity contribution in [3.8, 4) is 11.5 Å². The van der Waals surface area contributed by atoms with Crippen molar-refractivity contribution in [2.75, 3.05) is 14.2 Å². The van der Waals surface area contributed by atoms with Crippen LogP contribution in [0.5, 0.6) is 11.5 Å². The molecule has 28 heavy (non-hydrogen) atoms. The predicted molar refractivity (Wildman–Crippen MR) is 106 cm³/mol. The second-order valence-corrected chi connectivity index (χ2v) is 7.35. The lowest BCUT2D eigenvalue weighted by Crippen LogP contribution is -2.26. The van der Waals surface area contributed by atoms with E-state index < -0.39 is 5.97 Å². The quantitative estimate of drug-likeness (QED) is 0.727. The van der Waals surface area contributed by atoms with Gasteiger partial charge in [-0.1, -0.05) is 6.07 Å². The number of methoxy groups -OCH3 is 2. The molecule has 0 saturated carbocycles. The molecule has 0 spiro atoms. The highest BCUT2D eigenvalue weighted by molar-refractivity contribution is 7.10. The lowest BCUT2D eigenvalue weighted by atomic mass is 10.0. The normalized spacial score (nSPS) is 16.0. The minimum atomic E-state index is -0.906. The van der Waals surface area contributed by atoms with Crippen LogP contribution < -0.4 is 9.47 Å². The van der Waals surface area contributed by atoms with Crippen molar-refractivity contribution in [1.82, 2.24) is 5.01 Å². The minimum Gasteiger partial charge on any atom is -0.497 e. The number of hydrogen-bond donors (Lipinski definition) is 1. The Bertz CT molecular complexity index is 856. The zero-order chi connectivity index (χ0) is 20.1. The average molecular weight is 402 g/mol. The SMILES string of the molecule is COc1cc(OC)cc(C2=NN(C(=O)CCCC(=O)O)C(c3cccs3)C2)c1. The summed E-state index contributed by atoms with van der Waals surface area (Å²) in [6.07, 6.45) is 0.973. The fraction of sp³-hybridized carbons (Fsp3) is 0.350. The van der Waals surface area contributed by atoms with E-state index in [4.69, 9.17) is 14.6 Å². The monoisotopic (exact) mass is 402 g/mol. The number of ether oxygens (including phenoxy) is 2. The lowest BCUT2D eigenvalue weighted by Gasteiger charge is -2.20. The van der Waals surface area contributed by atoms with Crippen molar-refractivity contribution in [3.63, 3.8) is 0 Å². The Morgan fingerprint density at radius 1 is 1.21 bits per heavy atom. The van der Waals surface area contributed by atoms with E-state index >= 15 is 0 Å². The number of carbonyl (C=O) groups is 2. The summed E-state index contributed by atoms with van der Waals surface area (Å²) >= 11 is 1.57. The van der Waals surface area contributed by atoms with Crippen LogP contribution in [0.4, 0.5) is 0 Å². The number of nitrogens with zero attached hydrogens (tertiary/aromatic N) is 2. The molecule has 148 valence electrons. The van der Waals surface area contributed by atoms with E-state index in [9.17, 15) is 9.59 Å². The van der Waals surface area contributed by atoms with E-state index in [0.29, 0.717) is 24.3 Å². The molecule has 1 aliphatic heterocycles. The van der Waals surface area contributed by atoms with Crippen LogP contribution in [-0.2, 0) is 9.59 Å². The van der Waals surface area contributed by atoms with Gasteiger partial charge in [-0.2, -0.15) is 5.10 Å². The summed E-state index contributed by atoms with van der Waals surface area (Å²) in [5.74, 6) is 0.216. The Labute approximate surface area is 167 Å². The topological polar surface area (TPSA) is 88.4 Å². The summed E-state index contributed by atoms with van der Waals surface area (Å²) in [7, 11) is 3.17. The highest BCUT2D eigenvalue weighted by Crippen LogP contribution is 2.37. The number of hydrogen-bond acceptors (Lipinski definition) is 6. The molecule has 0 fully saturated rings. The van der Waals surface area contributed by atoms with Crippen LogP contribution in [0.15, 0.2) is 40.8 Å². The number of benzene rings is 1. The number of carbonyl (C=O) groups excluding carboxylic acids is 1. The molecule has 2 heterocycles. The van der Waals surface area contributed by atoms with Crippen LogP contribution in [0.1, 0.15) is 42.2 Å². The number of carboxylic acid groups (broad SMARTS) is 1. The van der Waals surface area contributed by atoms with Crippen molar-refractivity contribution in [2.24, 2.45) is 5.10 Å². The molecule has 1 aromatic carbocycles. The molecule has 1 aromatic heterocycles. The summed E-state index contributed by atoms with van der Waals surface area (Å²) in [6, 6.07) is 9.25. The van der Waals surface area contributed by atoms with Crippen molar-refractivity contribution < 1.29 is 24.2 Å². The van der Waals surface area contributed by atoms with E-state index in [0.717, 1.165) is 16.2 Å². The summed E-state index contributed by atoms with van der Waals surface area (Å²) in [6.45, 7) is 0. The third kappa shape index (κ3) is 4.51. The highest BCUT2D eigenvalue weighted by atomic mass is 32.1. The van der Waals surface area contributed by atoms with Gasteiger partial charge in [0.15, 0.2) is 0 Å². The first-order valence-corrected chi connectivity index (χ1v) is 9.78. The molecule has 7 nitrogen and oxygen atoms in total. The number of thiophene rings is 1. The maximum absolute atomic E-state index is 12.7. The lowest BCUT2D eigenvalue weighted by molar-refractivity contribution is -0.137. The second kappa shape index (κ2) is 8.88. The first-order valence-electron chi connectivity index (χ1n) is 8.90. The van der Waals surface area contributed by atoms with Gasteiger partial charge >= 0.3 is 5.97 Å². The van der Waals surface area contributed by atoms with E-state index in [-0.39, 0.29) is 24.8 Å². The van der Waals surface area contributed by atoms with E-state index in [1.807, 2.05) is 29.6 Å². The van der Waals surface area contributed by atoms with Crippen LogP contribution in [0.3, 0.4) is 0 Å². The Morgan fingerprint density at radius 2 is 1.93 bits per heavy atom. The van der Waals surface area contributed by atoms with Crippen molar-refractivity contribution in [3.05, 3.63) is 46.2 Å². The highest BCUT2D eigenvalue weighted by Gasteiger charge is 2.33. The number of hydrazone groups is 1. The minimum absolute atomic E-state index is 0.0348. The molecule has 3 rings (SSSR count). The van der Waals surface area contributed by atoms with Crippen molar-refractivity contribution in [2.45, 2.75) is 31.7 Å². The van der Waals surface area contributed by atoms with Crippen LogP contribution in [0, 0.1) is 0 Å². The van der Waals surface area contributed by atoms with Crippen molar-refractivity contribution >= 4 is 28.9 Å². The second-order valence-electron chi connectivity index (χ2n) is 6.37. The Hall–Kier alpha value is -2.87. The van der Waals surface area contributed by atoms with Gasteiger partial charge in [-0.25, -0.2) is 5.01 Å². The molecule has 1 aliphatic rings. The molecule has 2 aromatic rings. The number of aliphatic carboxylic acids is 1. The molecule has 1 unspecified atom stereocenters. The first-order chi connectivity index (χ1) is 13.5. The standard InChI is InChI=1S/C20H22N2O5S/c1-26-14-9-13(10-15(11-14)27-2)16-12-17(18-5-4-8-28-18)22(21-16)19(23)6-3-7-20(24)25/h4-5,8-11,17H,3,6-7,12H2,1-2H3,(H,24,25). The summed E-state index contributed by atoms with van der Waals surface area (Å²) in [4.78, 5) is 24.5. The maximum Gasteiger partial charge on any atom is 0.303 e. The molecular weight excluding hydrogens is 380 g/mol. The maximum atomic E-state index is 12.7. The molecule has 0 saturated heterocycles. The summed E-state index contributed by atoms with van der Waals surface area (Å²) < 4.78 is 10.7. The summed E-state index contributed by atoms with van der Waals surface area (Å²) in [5, 5.41) is 16.9. The van der Waals surface area contributed by atoms with Crippen LogP contribution in [0.2, 0.25) is 0 Å². The third-order valence-electron chi connectivity index (χ3n) is 4.50. The fourth-order valence-corrected chi connectivity index (χ4v) is 3.91. The Morgan fingerprint density at radius 3 is 2.50 bits per heavy atom. The molecule has 1 atom stereocenters. The molecule has 1 amide bonds. The van der Waals surface area contributed by atoms with E-state index in [1.165, 1.54) is 5.01 Å². The van der Waals surface area contributed by atoms with E-state index in [2.05, 4.69) is 5.10 Å². The molecule has 0 aliphatic carbocycles. The molecule has 0 radical (unpaired) electrons. The van der Waals surface area contributed by atoms with Gasteiger partial charge in [0.05, 0.1) is 26.0 Å². The van der Waals surface area contributed by atoms with Gasteiger partial charge in [0, 0.05) is 35.8 Å². The number of rotatable bonds is 8.